The molecule has 0 saturated carbocycles. The van der Waals surface area contributed by atoms with E-state index in [0.29, 0.717) is 12.5 Å². The lowest BCUT2D eigenvalue weighted by atomic mass is 10.1. The van der Waals surface area contributed by atoms with Crippen LogP contribution in [0.1, 0.15) is 16.8 Å². The Balaban J connectivity index is 2.50. The van der Waals surface area contributed by atoms with Crippen molar-refractivity contribution in [3.05, 3.63) is 29.3 Å². The van der Waals surface area contributed by atoms with E-state index in [4.69, 9.17) is 5.73 Å². The van der Waals surface area contributed by atoms with Crippen molar-refractivity contribution in [1.82, 2.24) is 10.0 Å². The standard InChI is InChI=1S/C11H15F2N3O3S/c1-20(18,19)16-4-2-3-15-11(17)7-5-10(14)9(13)6-8(7)12/h5-6,16H,2-4,14H2,1H3,(H,15,17). The molecule has 112 valence electrons. The number of halogens is 2. The third-order valence-electron chi connectivity index (χ3n) is 2.33. The lowest BCUT2D eigenvalue weighted by Crippen LogP contribution is -2.29. The molecule has 1 aromatic carbocycles. The molecule has 0 unspecified atom stereocenters. The molecule has 0 saturated heterocycles. The van der Waals surface area contributed by atoms with Crippen LogP contribution in [0.3, 0.4) is 0 Å². The summed E-state index contributed by atoms with van der Waals surface area (Å²) in [7, 11) is -3.28. The molecule has 4 N–H and O–H groups in total. The molecule has 0 fully saturated rings. The lowest BCUT2D eigenvalue weighted by Gasteiger charge is -2.07. The zero-order chi connectivity index (χ0) is 15.3. The van der Waals surface area contributed by atoms with Gasteiger partial charge in [0.05, 0.1) is 17.5 Å². The molecule has 0 aromatic heterocycles. The number of carbonyl (C=O) groups is 1. The van der Waals surface area contributed by atoms with Gasteiger partial charge in [-0.25, -0.2) is 21.9 Å². The van der Waals surface area contributed by atoms with E-state index in [1.165, 1.54) is 0 Å². The van der Waals surface area contributed by atoms with Gasteiger partial charge in [-0.15, -0.1) is 0 Å². The Bertz CT molecular complexity index is 605. The highest BCUT2D eigenvalue weighted by Gasteiger charge is 2.14. The van der Waals surface area contributed by atoms with Crippen molar-refractivity contribution in [3.63, 3.8) is 0 Å². The van der Waals surface area contributed by atoms with Gasteiger partial charge in [0.15, 0.2) is 0 Å². The quantitative estimate of drug-likeness (QED) is 0.517. The van der Waals surface area contributed by atoms with Crippen LogP contribution in [0.15, 0.2) is 12.1 Å². The lowest BCUT2D eigenvalue weighted by molar-refractivity contribution is 0.0949. The number of carbonyl (C=O) groups excluding carboxylic acids is 1. The molecule has 0 radical (unpaired) electrons. The summed E-state index contributed by atoms with van der Waals surface area (Å²) in [5.41, 5.74) is 4.57. The van der Waals surface area contributed by atoms with Gasteiger partial charge in [0.25, 0.3) is 5.91 Å². The number of benzene rings is 1. The van der Waals surface area contributed by atoms with Crippen molar-refractivity contribution in [2.75, 3.05) is 25.1 Å². The van der Waals surface area contributed by atoms with Gasteiger partial charge < -0.3 is 11.1 Å². The molecular formula is C11H15F2N3O3S. The minimum atomic E-state index is -3.28. The van der Waals surface area contributed by atoms with E-state index >= 15 is 0 Å². The van der Waals surface area contributed by atoms with E-state index in [9.17, 15) is 22.0 Å². The van der Waals surface area contributed by atoms with Crippen LogP contribution >= 0.6 is 0 Å². The number of hydrogen-bond donors (Lipinski definition) is 3. The Morgan fingerprint density at radius 1 is 1.25 bits per heavy atom. The second kappa shape index (κ2) is 6.62. The van der Waals surface area contributed by atoms with Gasteiger partial charge >= 0.3 is 0 Å². The number of hydrogen-bond acceptors (Lipinski definition) is 4. The van der Waals surface area contributed by atoms with Crippen LogP contribution in [0.25, 0.3) is 0 Å². The summed E-state index contributed by atoms with van der Waals surface area (Å²) < 4.78 is 50.1. The number of sulfonamides is 1. The van der Waals surface area contributed by atoms with Crippen LogP contribution in [0.5, 0.6) is 0 Å². The monoisotopic (exact) mass is 307 g/mol. The molecule has 6 nitrogen and oxygen atoms in total. The first-order valence-corrected chi connectivity index (χ1v) is 7.57. The summed E-state index contributed by atoms with van der Waals surface area (Å²) >= 11 is 0. The topological polar surface area (TPSA) is 101 Å². The van der Waals surface area contributed by atoms with Gasteiger partial charge in [-0.1, -0.05) is 0 Å². The fourth-order valence-electron chi connectivity index (χ4n) is 1.38. The Morgan fingerprint density at radius 3 is 2.50 bits per heavy atom. The maximum absolute atomic E-state index is 13.4. The average Bonchev–Trinajstić information content (AvgIpc) is 2.31. The molecule has 1 aromatic rings. The number of amides is 1. The fraction of sp³-hybridized carbons (Fsp3) is 0.364. The average molecular weight is 307 g/mol. The molecule has 0 aliphatic rings. The molecule has 0 aliphatic carbocycles. The van der Waals surface area contributed by atoms with Gasteiger partial charge in [-0.3, -0.25) is 4.79 Å². The van der Waals surface area contributed by atoms with Crippen LogP contribution in [0.4, 0.5) is 14.5 Å². The van der Waals surface area contributed by atoms with E-state index in [1.54, 1.807) is 0 Å². The molecule has 0 heterocycles. The molecular weight excluding hydrogens is 292 g/mol. The summed E-state index contributed by atoms with van der Waals surface area (Å²) in [5.74, 6) is -2.69. The van der Waals surface area contributed by atoms with Gasteiger partial charge in [0, 0.05) is 19.2 Å². The normalized spacial score (nSPS) is 11.3. The van der Waals surface area contributed by atoms with Gasteiger partial charge in [0.1, 0.15) is 11.6 Å². The first kappa shape index (κ1) is 16.3. The van der Waals surface area contributed by atoms with Crippen molar-refractivity contribution < 1.29 is 22.0 Å². The number of nitrogens with two attached hydrogens (primary N) is 1. The predicted octanol–water partition coefficient (Wildman–Crippen LogP) is 0.216. The zero-order valence-corrected chi connectivity index (χ0v) is 11.6. The van der Waals surface area contributed by atoms with Crippen LogP contribution in [0, 0.1) is 11.6 Å². The molecule has 0 spiro atoms. The Labute approximate surface area is 115 Å². The van der Waals surface area contributed by atoms with Crippen molar-refractivity contribution in [2.24, 2.45) is 0 Å². The van der Waals surface area contributed by atoms with Crippen LogP contribution in [0.2, 0.25) is 0 Å². The predicted molar refractivity (Wildman–Crippen MR) is 70.6 cm³/mol. The van der Waals surface area contributed by atoms with Gasteiger partial charge in [-0.2, -0.15) is 0 Å². The number of nitrogen functional groups attached to an aromatic ring is 1. The third kappa shape index (κ3) is 5.10. The van der Waals surface area contributed by atoms with E-state index in [0.717, 1.165) is 12.3 Å². The van der Waals surface area contributed by atoms with Crippen LogP contribution in [-0.2, 0) is 10.0 Å². The molecule has 0 aliphatic heterocycles. The fourth-order valence-corrected chi connectivity index (χ4v) is 1.90. The number of anilines is 1. The molecule has 0 atom stereocenters. The Hall–Kier alpha value is -1.74. The van der Waals surface area contributed by atoms with Gasteiger partial charge in [0.2, 0.25) is 10.0 Å². The van der Waals surface area contributed by atoms with Crippen molar-refractivity contribution in [1.29, 1.82) is 0 Å². The smallest absolute Gasteiger partial charge is 0.254 e. The zero-order valence-electron chi connectivity index (χ0n) is 10.7. The van der Waals surface area contributed by atoms with E-state index in [2.05, 4.69) is 10.0 Å². The minimum absolute atomic E-state index is 0.137. The third-order valence-corrected chi connectivity index (χ3v) is 3.06. The Kier molecular flexibility index (Phi) is 5.40. The molecule has 9 heteroatoms. The van der Waals surface area contributed by atoms with Crippen LogP contribution < -0.4 is 15.8 Å². The summed E-state index contributed by atoms with van der Waals surface area (Å²) in [4.78, 5) is 11.6. The first-order chi connectivity index (χ1) is 9.20. The van der Waals surface area contributed by atoms with Crippen LogP contribution in [-0.4, -0.2) is 33.7 Å². The highest BCUT2D eigenvalue weighted by Crippen LogP contribution is 2.16. The molecule has 0 bridgehead atoms. The van der Waals surface area contributed by atoms with Gasteiger partial charge in [-0.05, 0) is 12.5 Å². The molecule has 20 heavy (non-hydrogen) atoms. The maximum Gasteiger partial charge on any atom is 0.254 e. The molecule has 1 rings (SSSR count). The minimum Gasteiger partial charge on any atom is -0.396 e. The van der Waals surface area contributed by atoms with E-state index in [1.807, 2.05) is 0 Å². The molecule has 1 amide bonds. The first-order valence-electron chi connectivity index (χ1n) is 5.68. The van der Waals surface area contributed by atoms with E-state index in [-0.39, 0.29) is 24.3 Å². The summed E-state index contributed by atoms with van der Waals surface area (Å²) in [6.45, 7) is 0.283. The summed E-state index contributed by atoms with van der Waals surface area (Å²) in [6, 6.07) is 1.45. The summed E-state index contributed by atoms with van der Waals surface area (Å²) in [5, 5.41) is 2.38. The highest BCUT2D eigenvalue weighted by molar-refractivity contribution is 7.88. The second-order valence-corrected chi connectivity index (χ2v) is 5.96. The second-order valence-electron chi connectivity index (χ2n) is 4.13. The van der Waals surface area contributed by atoms with Crippen molar-refractivity contribution >= 4 is 21.6 Å². The largest absolute Gasteiger partial charge is 0.396 e. The maximum atomic E-state index is 13.4. The number of nitrogens with one attached hydrogen (secondary N) is 2. The highest BCUT2D eigenvalue weighted by atomic mass is 32.2. The van der Waals surface area contributed by atoms with E-state index < -0.39 is 27.6 Å². The van der Waals surface area contributed by atoms with Crippen molar-refractivity contribution in [2.45, 2.75) is 6.42 Å². The Morgan fingerprint density at radius 2 is 1.90 bits per heavy atom. The SMILES string of the molecule is CS(=O)(=O)NCCCNC(=O)c1cc(N)c(F)cc1F. The number of rotatable bonds is 6. The van der Waals surface area contributed by atoms with Crippen molar-refractivity contribution in [3.8, 4) is 0 Å². The summed E-state index contributed by atoms with van der Waals surface area (Å²) in [6.07, 6.45) is 1.35.